The molecule has 0 N–H and O–H groups in total. The molecule has 0 bridgehead atoms. The minimum atomic E-state index is 0.663. The molecule has 3 heteroatoms. The van der Waals surface area contributed by atoms with Crippen LogP contribution in [0.4, 0.5) is 0 Å². The molecule has 1 aliphatic rings. The van der Waals surface area contributed by atoms with E-state index in [-0.39, 0.29) is 0 Å². The summed E-state index contributed by atoms with van der Waals surface area (Å²) in [7, 11) is 0. The Labute approximate surface area is 182 Å². The van der Waals surface area contributed by atoms with Crippen LogP contribution in [0.25, 0.3) is 27.7 Å². The van der Waals surface area contributed by atoms with Gasteiger partial charge in [0.15, 0.2) is 0 Å². The van der Waals surface area contributed by atoms with Crippen LogP contribution in [-0.2, 0) is 6.42 Å². The van der Waals surface area contributed by atoms with Gasteiger partial charge in [0.05, 0.1) is 11.9 Å². The Bertz CT molecular complexity index is 1340. The molecule has 0 amide bonds. The zero-order valence-electron chi connectivity index (χ0n) is 17.2. The van der Waals surface area contributed by atoms with Crippen molar-refractivity contribution in [1.29, 1.82) is 0 Å². The Kier molecular flexibility index (Phi) is 4.38. The molecular formula is C28H23N3. The zero-order valence-corrected chi connectivity index (χ0v) is 17.2. The van der Waals surface area contributed by atoms with Crippen LogP contribution in [0.1, 0.15) is 23.5 Å². The highest BCUT2D eigenvalue weighted by atomic mass is 15.4. The smallest absolute Gasteiger partial charge is 0.113 e. The highest BCUT2D eigenvalue weighted by Gasteiger charge is 2.37. The zero-order chi connectivity index (χ0) is 20.6. The van der Waals surface area contributed by atoms with Gasteiger partial charge in [-0.15, -0.1) is 5.10 Å². The van der Waals surface area contributed by atoms with Crippen LogP contribution in [-0.4, -0.2) is 15.0 Å². The van der Waals surface area contributed by atoms with Gasteiger partial charge in [-0.2, -0.15) is 0 Å². The Morgan fingerprint density at radius 1 is 0.774 bits per heavy atom. The van der Waals surface area contributed by atoms with Gasteiger partial charge >= 0.3 is 0 Å². The molecule has 0 unspecified atom stereocenters. The molecule has 0 saturated heterocycles. The van der Waals surface area contributed by atoms with E-state index >= 15 is 0 Å². The first-order valence-corrected chi connectivity index (χ1v) is 10.9. The van der Waals surface area contributed by atoms with E-state index in [1.54, 1.807) is 0 Å². The number of nitrogens with zero attached hydrogens (tertiary/aromatic N) is 3. The summed E-state index contributed by atoms with van der Waals surface area (Å²) < 4.78 is 1.85. The third kappa shape index (κ3) is 3.64. The highest BCUT2D eigenvalue weighted by molar-refractivity contribution is 5.83. The predicted octanol–water partition coefficient (Wildman–Crippen LogP) is 6.43. The van der Waals surface area contributed by atoms with Crippen molar-refractivity contribution in [3.8, 4) is 16.9 Å². The molecule has 2 atom stereocenters. The van der Waals surface area contributed by atoms with E-state index in [4.69, 9.17) is 0 Å². The lowest BCUT2D eigenvalue weighted by Crippen LogP contribution is -1.95. The molecule has 1 saturated carbocycles. The molecule has 31 heavy (non-hydrogen) atoms. The van der Waals surface area contributed by atoms with Gasteiger partial charge in [0.1, 0.15) is 5.69 Å². The molecule has 5 aromatic rings. The second-order valence-electron chi connectivity index (χ2n) is 8.49. The second kappa shape index (κ2) is 7.51. The van der Waals surface area contributed by atoms with Crippen molar-refractivity contribution in [3.05, 3.63) is 114 Å². The van der Waals surface area contributed by atoms with Gasteiger partial charge in [-0.1, -0.05) is 90.1 Å². The van der Waals surface area contributed by atoms with Crippen LogP contribution >= 0.6 is 0 Å². The summed E-state index contributed by atoms with van der Waals surface area (Å²) in [5, 5.41) is 11.3. The van der Waals surface area contributed by atoms with Crippen LogP contribution in [0, 0.1) is 5.92 Å². The minimum absolute atomic E-state index is 0.663. The predicted molar refractivity (Wildman–Crippen MR) is 125 cm³/mol. The molecule has 4 aromatic carbocycles. The van der Waals surface area contributed by atoms with Crippen LogP contribution in [0.3, 0.4) is 0 Å². The van der Waals surface area contributed by atoms with Crippen LogP contribution in [0.5, 0.6) is 0 Å². The number of benzene rings is 4. The third-order valence-corrected chi connectivity index (χ3v) is 6.38. The monoisotopic (exact) mass is 401 g/mol. The van der Waals surface area contributed by atoms with Crippen molar-refractivity contribution in [2.75, 3.05) is 0 Å². The van der Waals surface area contributed by atoms with Crippen LogP contribution in [0.15, 0.2) is 103 Å². The minimum Gasteiger partial charge on any atom is -0.220 e. The van der Waals surface area contributed by atoms with Gasteiger partial charge in [0, 0.05) is 5.56 Å². The maximum Gasteiger partial charge on any atom is 0.113 e. The Morgan fingerprint density at radius 3 is 2.39 bits per heavy atom. The second-order valence-corrected chi connectivity index (χ2v) is 8.49. The molecule has 1 aliphatic carbocycles. The van der Waals surface area contributed by atoms with Crippen molar-refractivity contribution in [1.82, 2.24) is 15.0 Å². The number of hydrogen-bond donors (Lipinski definition) is 0. The molecular weight excluding hydrogens is 378 g/mol. The summed E-state index contributed by atoms with van der Waals surface area (Å²) in [4.78, 5) is 0. The first-order valence-electron chi connectivity index (χ1n) is 10.9. The number of hydrogen-bond acceptors (Lipinski definition) is 2. The molecule has 6 rings (SSSR count). The maximum absolute atomic E-state index is 4.33. The molecule has 0 radical (unpaired) electrons. The number of rotatable bonds is 5. The molecule has 0 aliphatic heterocycles. The van der Waals surface area contributed by atoms with Crippen LogP contribution in [0.2, 0.25) is 0 Å². The van der Waals surface area contributed by atoms with Gasteiger partial charge in [-0.25, -0.2) is 4.68 Å². The van der Waals surface area contributed by atoms with E-state index in [2.05, 4.69) is 89.2 Å². The lowest BCUT2D eigenvalue weighted by Gasteiger charge is -2.05. The first-order chi connectivity index (χ1) is 15.3. The van der Waals surface area contributed by atoms with Gasteiger partial charge in [-0.3, -0.25) is 0 Å². The van der Waals surface area contributed by atoms with Gasteiger partial charge in [0.25, 0.3) is 0 Å². The van der Waals surface area contributed by atoms with E-state index < -0.39 is 0 Å². The van der Waals surface area contributed by atoms with Crippen LogP contribution < -0.4 is 0 Å². The fourth-order valence-corrected chi connectivity index (χ4v) is 4.56. The van der Waals surface area contributed by atoms with E-state index in [0.29, 0.717) is 5.92 Å². The normalized spacial score (nSPS) is 17.7. The van der Waals surface area contributed by atoms with E-state index in [9.17, 15) is 0 Å². The van der Waals surface area contributed by atoms with Crippen molar-refractivity contribution in [2.24, 2.45) is 5.92 Å². The molecule has 1 aromatic heterocycles. The standard InChI is InChI=1S/C28H23N3/c1-2-7-23(8-3-1)28-19-31(30-29-28)26-14-12-22(13-15-26)27-18-25(27)17-20-10-11-21-6-4-5-9-24(21)16-20/h1-16,19,25,27H,17-18H2/t25-,27+/m1/s1. The average molecular weight is 402 g/mol. The summed E-state index contributed by atoms with van der Waals surface area (Å²) in [5.74, 6) is 1.40. The lowest BCUT2D eigenvalue weighted by atomic mass is 10.0. The van der Waals surface area contributed by atoms with Crippen molar-refractivity contribution < 1.29 is 0 Å². The quantitative estimate of drug-likeness (QED) is 0.339. The SMILES string of the molecule is c1ccc(-c2cn(-c3ccc([C@@H]4C[C@H]4Cc4ccc5ccccc5c4)cc3)nn2)cc1. The summed E-state index contributed by atoms with van der Waals surface area (Å²) in [6.07, 6.45) is 4.42. The lowest BCUT2D eigenvalue weighted by molar-refractivity contribution is 0.791. The van der Waals surface area contributed by atoms with Gasteiger partial charge < -0.3 is 0 Å². The fourth-order valence-electron chi connectivity index (χ4n) is 4.56. The van der Waals surface area contributed by atoms with E-state index in [1.807, 2.05) is 29.1 Å². The Morgan fingerprint density at radius 2 is 1.55 bits per heavy atom. The van der Waals surface area contributed by atoms with Crippen molar-refractivity contribution >= 4 is 10.8 Å². The first kappa shape index (κ1) is 18.1. The van der Waals surface area contributed by atoms with Crippen molar-refractivity contribution in [2.45, 2.75) is 18.8 Å². The van der Waals surface area contributed by atoms with E-state index in [1.165, 1.54) is 28.3 Å². The highest BCUT2D eigenvalue weighted by Crippen LogP contribution is 2.49. The molecule has 1 heterocycles. The summed E-state index contributed by atoms with van der Waals surface area (Å²) in [5.41, 5.74) is 5.89. The third-order valence-electron chi connectivity index (χ3n) is 6.38. The summed E-state index contributed by atoms with van der Waals surface area (Å²) in [6.45, 7) is 0. The van der Waals surface area contributed by atoms with E-state index in [0.717, 1.165) is 29.3 Å². The topological polar surface area (TPSA) is 30.7 Å². The number of fused-ring (bicyclic) bond motifs is 1. The summed E-state index contributed by atoms with van der Waals surface area (Å²) >= 11 is 0. The maximum atomic E-state index is 4.33. The molecule has 3 nitrogen and oxygen atoms in total. The largest absolute Gasteiger partial charge is 0.220 e. The fraction of sp³-hybridized carbons (Fsp3) is 0.143. The Hall–Kier alpha value is -3.72. The molecule has 0 spiro atoms. The van der Waals surface area contributed by atoms with Gasteiger partial charge in [-0.05, 0) is 58.7 Å². The molecule has 1 fully saturated rings. The summed E-state index contributed by atoms with van der Waals surface area (Å²) in [6, 6.07) is 34.5. The Balaban J connectivity index is 1.14. The van der Waals surface area contributed by atoms with Gasteiger partial charge in [0.2, 0.25) is 0 Å². The number of aromatic nitrogens is 3. The average Bonchev–Trinajstić information content (AvgIpc) is 3.41. The molecule has 150 valence electrons. The van der Waals surface area contributed by atoms with Crippen molar-refractivity contribution in [3.63, 3.8) is 0 Å².